The molecular weight excluding hydrogens is 252 g/mol. The first-order chi connectivity index (χ1) is 9.58. The monoisotopic (exact) mass is 278 g/mol. The van der Waals surface area contributed by atoms with Crippen molar-refractivity contribution in [3.63, 3.8) is 0 Å². The average molecular weight is 278 g/mol. The number of nitrogens with two attached hydrogens (primary N) is 1. The van der Waals surface area contributed by atoms with Gasteiger partial charge in [-0.2, -0.15) is 5.26 Å². The SMILES string of the molecule is CC1CCN(CC(=O)NC2(C#N)CCCC2)C(CN)C1. The maximum atomic E-state index is 12.2. The van der Waals surface area contributed by atoms with Gasteiger partial charge in [0.25, 0.3) is 0 Å². The smallest absolute Gasteiger partial charge is 0.235 e. The molecule has 3 N–H and O–H groups in total. The predicted octanol–water partition coefficient (Wildman–Crippen LogP) is 0.998. The van der Waals surface area contributed by atoms with E-state index in [0.717, 1.165) is 45.1 Å². The van der Waals surface area contributed by atoms with Crippen LogP contribution in [-0.2, 0) is 4.79 Å². The number of likely N-dealkylation sites (tertiary alicyclic amines) is 1. The topological polar surface area (TPSA) is 82.2 Å². The van der Waals surface area contributed by atoms with Gasteiger partial charge in [-0.3, -0.25) is 9.69 Å². The van der Waals surface area contributed by atoms with Gasteiger partial charge in [0.15, 0.2) is 0 Å². The summed E-state index contributed by atoms with van der Waals surface area (Å²) < 4.78 is 0. The molecule has 0 aromatic rings. The quantitative estimate of drug-likeness (QED) is 0.803. The van der Waals surface area contributed by atoms with Gasteiger partial charge < -0.3 is 11.1 Å². The van der Waals surface area contributed by atoms with E-state index in [0.29, 0.717) is 25.0 Å². The molecule has 112 valence electrons. The number of carbonyl (C=O) groups is 1. The Morgan fingerprint density at radius 2 is 2.20 bits per heavy atom. The Morgan fingerprint density at radius 1 is 1.50 bits per heavy atom. The molecule has 2 unspecified atom stereocenters. The minimum atomic E-state index is -0.613. The lowest BCUT2D eigenvalue weighted by Crippen LogP contribution is -2.53. The van der Waals surface area contributed by atoms with E-state index in [-0.39, 0.29) is 5.91 Å². The zero-order chi connectivity index (χ0) is 14.6. The highest BCUT2D eigenvalue weighted by Crippen LogP contribution is 2.29. The molecule has 1 aliphatic carbocycles. The molecule has 0 aromatic carbocycles. The second kappa shape index (κ2) is 6.55. The third-order valence-electron chi connectivity index (χ3n) is 4.77. The first-order valence-corrected chi connectivity index (χ1v) is 7.75. The summed E-state index contributed by atoms with van der Waals surface area (Å²) in [5, 5.41) is 12.3. The van der Waals surface area contributed by atoms with Crippen LogP contribution < -0.4 is 11.1 Å². The molecule has 5 nitrogen and oxygen atoms in total. The van der Waals surface area contributed by atoms with Gasteiger partial charge in [0.2, 0.25) is 5.91 Å². The first-order valence-electron chi connectivity index (χ1n) is 7.75. The van der Waals surface area contributed by atoms with E-state index in [1.165, 1.54) is 0 Å². The highest BCUT2D eigenvalue weighted by Gasteiger charge is 2.36. The van der Waals surface area contributed by atoms with Gasteiger partial charge in [-0.25, -0.2) is 0 Å². The number of nitrogens with zero attached hydrogens (tertiary/aromatic N) is 2. The lowest BCUT2D eigenvalue weighted by Gasteiger charge is -2.38. The summed E-state index contributed by atoms with van der Waals surface area (Å²) in [5.41, 5.74) is 5.21. The van der Waals surface area contributed by atoms with Gasteiger partial charge in [-0.15, -0.1) is 0 Å². The maximum Gasteiger partial charge on any atom is 0.235 e. The maximum absolute atomic E-state index is 12.2. The largest absolute Gasteiger partial charge is 0.337 e. The Bertz CT molecular complexity index is 384. The second-order valence-corrected chi connectivity index (χ2v) is 6.44. The van der Waals surface area contributed by atoms with Gasteiger partial charge in [0.1, 0.15) is 5.54 Å². The fourth-order valence-electron chi connectivity index (χ4n) is 3.49. The molecule has 2 atom stereocenters. The van der Waals surface area contributed by atoms with Crippen molar-refractivity contribution in [3.05, 3.63) is 0 Å². The summed E-state index contributed by atoms with van der Waals surface area (Å²) >= 11 is 0. The normalized spacial score (nSPS) is 29.9. The molecule has 0 bridgehead atoms. The van der Waals surface area contributed by atoms with E-state index >= 15 is 0 Å². The lowest BCUT2D eigenvalue weighted by atomic mass is 9.92. The number of nitrogens with one attached hydrogen (secondary N) is 1. The molecule has 0 radical (unpaired) electrons. The Balaban J connectivity index is 1.89. The summed E-state index contributed by atoms with van der Waals surface area (Å²) in [4.78, 5) is 14.4. The zero-order valence-electron chi connectivity index (χ0n) is 12.4. The first kappa shape index (κ1) is 15.3. The zero-order valence-corrected chi connectivity index (χ0v) is 12.4. The highest BCUT2D eigenvalue weighted by atomic mass is 16.2. The van der Waals surface area contributed by atoms with Gasteiger partial charge in [-0.1, -0.05) is 6.92 Å². The third kappa shape index (κ3) is 3.50. The Kier molecular flexibility index (Phi) is 5.00. The van der Waals surface area contributed by atoms with Crippen molar-refractivity contribution in [3.8, 4) is 6.07 Å². The molecule has 20 heavy (non-hydrogen) atoms. The Labute approximate surface area is 121 Å². The van der Waals surface area contributed by atoms with Crippen molar-refractivity contribution in [1.82, 2.24) is 10.2 Å². The summed E-state index contributed by atoms with van der Waals surface area (Å²) in [6.45, 7) is 4.14. The Hall–Kier alpha value is -1.12. The van der Waals surface area contributed by atoms with Gasteiger partial charge in [0.05, 0.1) is 12.6 Å². The molecule has 0 aromatic heterocycles. The van der Waals surface area contributed by atoms with Crippen LogP contribution in [0.25, 0.3) is 0 Å². The molecule has 1 saturated heterocycles. The van der Waals surface area contributed by atoms with Gasteiger partial charge >= 0.3 is 0 Å². The van der Waals surface area contributed by atoms with E-state index in [2.05, 4.69) is 23.2 Å². The number of hydrogen-bond acceptors (Lipinski definition) is 4. The number of amides is 1. The fraction of sp³-hybridized carbons (Fsp3) is 0.867. The van der Waals surface area contributed by atoms with Crippen molar-refractivity contribution >= 4 is 5.91 Å². The van der Waals surface area contributed by atoms with Crippen LogP contribution in [0, 0.1) is 17.2 Å². The molecule has 1 saturated carbocycles. The van der Waals surface area contributed by atoms with Crippen molar-refractivity contribution in [2.75, 3.05) is 19.6 Å². The van der Waals surface area contributed by atoms with Gasteiger partial charge in [-0.05, 0) is 51.0 Å². The predicted molar refractivity (Wildman–Crippen MR) is 77.8 cm³/mol. The molecule has 1 aliphatic heterocycles. The van der Waals surface area contributed by atoms with Crippen LogP contribution in [0.5, 0.6) is 0 Å². The average Bonchev–Trinajstić information content (AvgIpc) is 2.89. The van der Waals surface area contributed by atoms with Crippen LogP contribution in [0.4, 0.5) is 0 Å². The highest BCUT2D eigenvalue weighted by molar-refractivity contribution is 5.79. The minimum absolute atomic E-state index is 0.0264. The molecule has 2 aliphatic rings. The van der Waals surface area contributed by atoms with E-state index in [4.69, 9.17) is 5.73 Å². The van der Waals surface area contributed by atoms with Crippen LogP contribution in [0.2, 0.25) is 0 Å². The summed E-state index contributed by atoms with van der Waals surface area (Å²) in [5.74, 6) is 0.657. The molecule has 1 amide bonds. The van der Waals surface area contributed by atoms with Crippen molar-refractivity contribution in [2.24, 2.45) is 11.7 Å². The molecule has 5 heteroatoms. The standard InChI is InChI=1S/C15H26N4O/c1-12-4-7-19(13(8-12)9-16)10-14(20)18-15(11-17)5-2-3-6-15/h12-13H,2-10,16H2,1H3,(H,18,20). The fourth-order valence-corrected chi connectivity index (χ4v) is 3.49. The van der Waals surface area contributed by atoms with E-state index in [1.54, 1.807) is 0 Å². The van der Waals surface area contributed by atoms with Crippen LogP contribution in [0.15, 0.2) is 0 Å². The number of nitriles is 1. The van der Waals surface area contributed by atoms with Crippen LogP contribution in [0.1, 0.15) is 45.4 Å². The van der Waals surface area contributed by atoms with Crippen molar-refractivity contribution in [1.29, 1.82) is 5.26 Å². The minimum Gasteiger partial charge on any atom is -0.337 e. The molecule has 2 fully saturated rings. The van der Waals surface area contributed by atoms with E-state index in [9.17, 15) is 10.1 Å². The summed E-state index contributed by atoms with van der Waals surface area (Å²) in [7, 11) is 0. The van der Waals surface area contributed by atoms with Crippen LogP contribution in [0.3, 0.4) is 0 Å². The van der Waals surface area contributed by atoms with Gasteiger partial charge in [0, 0.05) is 12.6 Å². The number of hydrogen-bond donors (Lipinski definition) is 2. The van der Waals surface area contributed by atoms with E-state index < -0.39 is 5.54 Å². The van der Waals surface area contributed by atoms with E-state index in [1.807, 2.05) is 0 Å². The molecule has 2 rings (SSSR count). The van der Waals surface area contributed by atoms with Crippen molar-refractivity contribution < 1.29 is 4.79 Å². The molecule has 0 spiro atoms. The molecular formula is C15H26N4O. The number of carbonyl (C=O) groups excluding carboxylic acids is 1. The second-order valence-electron chi connectivity index (χ2n) is 6.44. The molecule has 1 heterocycles. The summed E-state index contributed by atoms with van der Waals surface area (Å²) in [6.07, 6.45) is 5.81. The number of piperidine rings is 1. The third-order valence-corrected chi connectivity index (χ3v) is 4.77. The lowest BCUT2D eigenvalue weighted by molar-refractivity contribution is -0.124. The van der Waals surface area contributed by atoms with Crippen LogP contribution >= 0.6 is 0 Å². The van der Waals surface area contributed by atoms with Crippen LogP contribution in [-0.4, -0.2) is 42.0 Å². The summed E-state index contributed by atoms with van der Waals surface area (Å²) in [6, 6.07) is 2.60. The Morgan fingerprint density at radius 3 is 2.80 bits per heavy atom. The van der Waals surface area contributed by atoms with Crippen molar-refractivity contribution in [2.45, 2.75) is 57.0 Å². The number of rotatable bonds is 4.